The van der Waals surface area contributed by atoms with E-state index in [1.165, 1.54) is 11.8 Å². The normalized spacial score (nSPS) is 11.8. The first kappa shape index (κ1) is 13.0. The second-order valence-electron chi connectivity index (χ2n) is 4.43. The van der Waals surface area contributed by atoms with E-state index in [-0.39, 0.29) is 22.9 Å². The maximum absolute atomic E-state index is 11.1. The highest BCUT2D eigenvalue weighted by Gasteiger charge is 2.27. The van der Waals surface area contributed by atoms with E-state index in [2.05, 4.69) is 5.10 Å². The molecule has 0 unspecified atom stereocenters. The molecule has 0 amide bonds. The van der Waals surface area contributed by atoms with Gasteiger partial charge in [0.25, 0.3) is 0 Å². The van der Waals surface area contributed by atoms with Gasteiger partial charge in [-0.25, -0.2) is 9.48 Å². The van der Waals surface area contributed by atoms with Crippen molar-refractivity contribution in [1.29, 1.82) is 0 Å². The number of hydrogen-bond acceptors (Lipinski definition) is 3. The summed E-state index contributed by atoms with van der Waals surface area (Å²) in [5, 5.41) is 13.4. The molecule has 1 N–H and O–H groups in total. The number of carboxylic acids is 1. The summed E-state index contributed by atoms with van der Waals surface area (Å²) in [4.78, 5) is 11.1. The van der Waals surface area contributed by atoms with E-state index in [0.717, 1.165) is 0 Å². The summed E-state index contributed by atoms with van der Waals surface area (Å²) in [6.45, 7) is 5.82. The number of ether oxygens (including phenoxy) is 1. The third-order valence-electron chi connectivity index (χ3n) is 2.03. The maximum atomic E-state index is 11.1. The van der Waals surface area contributed by atoms with Crippen molar-refractivity contribution in [2.45, 2.75) is 32.9 Å². The van der Waals surface area contributed by atoms with E-state index in [4.69, 9.17) is 21.4 Å². The molecule has 0 aliphatic carbocycles. The van der Waals surface area contributed by atoms with Gasteiger partial charge in [-0.05, 0) is 20.8 Å². The highest BCUT2D eigenvalue weighted by atomic mass is 35.5. The van der Waals surface area contributed by atoms with Crippen LogP contribution in [0.2, 0.25) is 5.15 Å². The molecule has 1 aromatic heterocycles. The summed E-state index contributed by atoms with van der Waals surface area (Å²) in [6.07, 6.45) is 0. The molecule has 0 atom stereocenters. The number of methoxy groups -OCH3 is 1. The zero-order valence-corrected chi connectivity index (χ0v) is 10.5. The van der Waals surface area contributed by atoms with Crippen LogP contribution in [-0.2, 0) is 16.9 Å². The zero-order chi connectivity index (χ0) is 12.5. The van der Waals surface area contributed by atoms with Crippen molar-refractivity contribution in [3.05, 3.63) is 16.4 Å². The molecule has 0 spiro atoms. The molecule has 0 saturated heterocycles. The Hall–Kier alpha value is -1.07. The summed E-state index contributed by atoms with van der Waals surface area (Å²) < 4.78 is 6.39. The van der Waals surface area contributed by atoms with Gasteiger partial charge in [-0.15, -0.1) is 0 Å². The summed E-state index contributed by atoms with van der Waals surface area (Å²) in [5.74, 6) is -1.09. The highest BCUT2D eigenvalue weighted by molar-refractivity contribution is 6.32. The molecule has 0 saturated carbocycles. The number of nitrogens with zero attached hydrogens (tertiary/aromatic N) is 2. The van der Waals surface area contributed by atoms with Gasteiger partial charge in [-0.1, -0.05) is 11.6 Å². The van der Waals surface area contributed by atoms with Crippen molar-refractivity contribution in [2.75, 3.05) is 7.11 Å². The Bertz CT molecular complexity index is 407. The van der Waals surface area contributed by atoms with Crippen LogP contribution in [0.4, 0.5) is 0 Å². The van der Waals surface area contributed by atoms with E-state index in [0.29, 0.717) is 5.69 Å². The minimum atomic E-state index is -1.09. The fourth-order valence-electron chi connectivity index (χ4n) is 1.33. The first-order valence-corrected chi connectivity index (χ1v) is 5.17. The van der Waals surface area contributed by atoms with E-state index >= 15 is 0 Å². The molecule has 0 fully saturated rings. The largest absolute Gasteiger partial charge is 0.478 e. The number of hydrogen-bond donors (Lipinski definition) is 1. The predicted octanol–water partition coefficient (Wildman–Crippen LogP) is 2.14. The van der Waals surface area contributed by atoms with Gasteiger partial charge in [0, 0.05) is 7.11 Å². The van der Waals surface area contributed by atoms with E-state index in [1.54, 1.807) is 0 Å². The van der Waals surface area contributed by atoms with Crippen LogP contribution in [-0.4, -0.2) is 28.0 Å². The molecule has 1 heterocycles. The van der Waals surface area contributed by atoms with Crippen LogP contribution in [0.1, 0.15) is 36.8 Å². The first-order chi connectivity index (χ1) is 7.29. The van der Waals surface area contributed by atoms with Crippen molar-refractivity contribution in [3.8, 4) is 0 Å². The molecular formula is C10H15ClN2O3. The second kappa shape index (κ2) is 4.43. The fraction of sp³-hybridized carbons (Fsp3) is 0.600. The lowest BCUT2D eigenvalue weighted by Crippen LogP contribution is -2.23. The third-order valence-corrected chi connectivity index (χ3v) is 2.38. The van der Waals surface area contributed by atoms with E-state index < -0.39 is 5.97 Å². The Balaban J connectivity index is 3.36. The quantitative estimate of drug-likeness (QED) is 0.888. The SMILES string of the molecule is COCc1nn(C(C)(C)C)c(Cl)c1C(=O)O. The Morgan fingerprint density at radius 1 is 1.56 bits per heavy atom. The van der Waals surface area contributed by atoms with Gasteiger partial charge in [0.15, 0.2) is 0 Å². The number of halogens is 1. The number of carbonyl (C=O) groups is 1. The summed E-state index contributed by atoms with van der Waals surface area (Å²) in [6, 6.07) is 0. The molecular weight excluding hydrogens is 232 g/mol. The summed E-state index contributed by atoms with van der Waals surface area (Å²) in [7, 11) is 1.48. The molecule has 0 bridgehead atoms. The third kappa shape index (κ3) is 2.36. The molecule has 0 aliphatic rings. The number of aromatic carboxylic acids is 1. The van der Waals surface area contributed by atoms with Crippen LogP contribution >= 0.6 is 11.6 Å². The minimum absolute atomic E-state index is 0.0124. The minimum Gasteiger partial charge on any atom is -0.478 e. The summed E-state index contributed by atoms with van der Waals surface area (Å²) >= 11 is 6.01. The number of rotatable bonds is 3. The average molecular weight is 247 g/mol. The molecule has 90 valence electrons. The van der Waals surface area contributed by atoms with Gasteiger partial charge in [0.1, 0.15) is 16.4 Å². The van der Waals surface area contributed by atoms with Gasteiger partial charge < -0.3 is 9.84 Å². The second-order valence-corrected chi connectivity index (χ2v) is 4.79. The Morgan fingerprint density at radius 2 is 2.12 bits per heavy atom. The molecule has 1 rings (SSSR count). The van der Waals surface area contributed by atoms with Gasteiger partial charge >= 0.3 is 5.97 Å². The van der Waals surface area contributed by atoms with Crippen molar-refractivity contribution in [1.82, 2.24) is 9.78 Å². The van der Waals surface area contributed by atoms with E-state index in [9.17, 15) is 4.79 Å². The molecule has 5 nitrogen and oxygen atoms in total. The predicted molar refractivity (Wildman–Crippen MR) is 59.9 cm³/mol. The topological polar surface area (TPSA) is 64.4 Å². The van der Waals surface area contributed by atoms with Crippen LogP contribution < -0.4 is 0 Å². The van der Waals surface area contributed by atoms with Gasteiger partial charge in [0.2, 0.25) is 0 Å². The van der Waals surface area contributed by atoms with Gasteiger partial charge in [-0.2, -0.15) is 5.10 Å². The molecule has 0 aliphatic heterocycles. The number of aromatic nitrogens is 2. The monoisotopic (exact) mass is 246 g/mol. The van der Waals surface area contributed by atoms with Crippen LogP contribution in [0.15, 0.2) is 0 Å². The number of carboxylic acid groups (broad SMARTS) is 1. The van der Waals surface area contributed by atoms with Crippen molar-refractivity contribution >= 4 is 17.6 Å². The van der Waals surface area contributed by atoms with Gasteiger partial charge in [-0.3, -0.25) is 0 Å². The molecule has 6 heteroatoms. The lowest BCUT2D eigenvalue weighted by atomic mass is 10.1. The molecule has 0 aromatic carbocycles. The Labute approximate surface area is 99.0 Å². The Kier molecular flexibility index (Phi) is 3.60. The van der Waals surface area contributed by atoms with Crippen molar-refractivity contribution in [2.24, 2.45) is 0 Å². The highest BCUT2D eigenvalue weighted by Crippen LogP contribution is 2.26. The van der Waals surface area contributed by atoms with Crippen molar-refractivity contribution < 1.29 is 14.6 Å². The van der Waals surface area contributed by atoms with Crippen LogP contribution in [0.3, 0.4) is 0 Å². The van der Waals surface area contributed by atoms with Gasteiger partial charge in [0.05, 0.1) is 12.1 Å². The lowest BCUT2D eigenvalue weighted by molar-refractivity contribution is 0.0692. The average Bonchev–Trinajstić information content (AvgIpc) is 2.42. The molecule has 0 radical (unpaired) electrons. The maximum Gasteiger partial charge on any atom is 0.340 e. The zero-order valence-electron chi connectivity index (χ0n) is 9.74. The lowest BCUT2D eigenvalue weighted by Gasteiger charge is -2.20. The molecule has 1 aromatic rings. The molecule has 16 heavy (non-hydrogen) atoms. The van der Waals surface area contributed by atoms with Crippen LogP contribution in [0.5, 0.6) is 0 Å². The fourth-order valence-corrected chi connectivity index (χ4v) is 1.81. The smallest absolute Gasteiger partial charge is 0.340 e. The standard InChI is InChI=1S/C10H15ClN2O3/c1-10(2,3)13-8(11)7(9(14)15)6(12-13)5-16-4/h5H2,1-4H3,(H,14,15). The van der Waals surface area contributed by atoms with Crippen molar-refractivity contribution in [3.63, 3.8) is 0 Å². The van der Waals surface area contributed by atoms with Crippen LogP contribution in [0.25, 0.3) is 0 Å². The first-order valence-electron chi connectivity index (χ1n) is 4.79. The van der Waals surface area contributed by atoms with E-state index in [1.807, 2.05) is 20.8 Å². The Morgan fingerprint density at radius 3 is 2.50 bits per heavy atom. The summed E-state index contributed by atoms with van der Waals surface area (Å²) in [5.41, 5.74) is -0.0128. The van der Waals surface area contributed by atoms with Crippen LogP contribution in [0, 0.1) is 0 Å².